The van der Waals surface area contributed by atoms with Crippen LogP contribution in [0.4, 0.5) is 10.6 Å². The minimum Gasteiger partial charge on any atom is -0.314 e. The van der Waals surface area contributed by atoms with Gasteiger partial charge in [-0.2, -0.15) is 0 Å². The Kier molecular flexibility index (Phi) is 4.74. The van der Waals surface area contributed by atoms with Crippen LogP contribution in [-0.4, -0.2) is 11.0 Å². The van der Waals surface area contributed by atoms with Gasteiger partial charge in [0.2, 0.25) is 0 Å². The Morgan fingerprint density at radius 2 is 1.95 bits per heavy atom. The number of nitrogens with zero attached hydrogens (tertiary/aromatic N) is 1. The van der Waals surface area contributed by atoms with E-state index in [1.807, 2.05) is 31.2 Å². The number of hydrogen-bond acceptors (Lipinski definition) is 2. The van der Waals surface area contributed by atoms with Gasteiger partial charge in [0.1, 0.15) is 5.82 Å². The molecule has 0 spiro atoms. The molecule has 0 saturated carbocycles. The van der Waals surface area contributed by atoms with Gasteiger partial charge in [0.15, 0.2) is 0 Å². The maximum absolute atomic E-state index is 11.6. The summed E-state index contributed by atoms with van der Waals surface area (Å²) in [5.74, 6) is 0.516. The Balaban J connectivity index is 1.87. The van der Waals surface area contributed by atoms with Crippen LogP contribution in [0.2, 0.25) is 5.02 Å². The fourth-order valence-corrected chi connectivity index (χ4v) is 1.68. The summed E-state index contributed by atoms with van der Waals surface area (Å²) in [6, 6.07) is 12.4. The molecule has 1 aromatic carbocycles. The van der Waals surface area contributed by atoms with E-state index in [1.165, 1.54) is 0 Å². The highest BCUT2D eigenvalue weighted by Crippen LogP contribution is 2.10. The molecule has 0 radical (unpaired) electrons. The van der Waals surface area contributed by atoms with Gasteiger partial charge >= 0.3 is 6.03 Å². The van der Waals surface area contributed by atoms with Crippen LogP contribution in [0.15, 0.2) is 48.7 Å². The van der Waals surface area contributed by atoms with Crippen molar-refractivity contribution in [3.63, 3.8) is 0 Å². The van der Waals surface area contributed by atoms with E-state index < -0.39 is 0 Å². The van der Waals surface area contributed by atoms with Crippen molar-refractivity contribution in [3.8, 4) is 0 Å². The molecule has 2 amide bonds. The van der Waals surface area contributed by atoms with Gasteiger partial charge in [0.05, 0.1) is 0 Å². The molecule has 2 aromatic rings. The van der Waals surface area contributed by atoms with Gasteiger partial charge < -0.3 is 5.32 Å². The molecule has 0 bridgehead atoms. The lowest BCUT2D eigenvalue weighted by atomic mass is 10.2. The summed E-state index contributed by atoms with van der Waals surface area (Å²) in [6.07, 6.45) is 3.34. The van der Waals surface area contributed by atoms with Crippen molar-refractivity contribution in [2.24, 2.45) is 0 Å². The highest BCUT2D eigenvalue weighted by Gasteiger charge is 1.99. The lowest BCUT2D eigenvalue weighted by Gasteiger charge is -2.04. The molecule has 4 nitrogen and oxygen atoms in total. The second-order valence-corrected chi connectivity index (χ2v) is 4.58. The standard InChI is InChI=1S/C15H14ClN3O/c1-11-3-2-4-14(18-11)19-15(20)17-10-9-12-5-7-13(16)8-6-12/h2-10H,1H3,(H2,17,18,19,20)/b10-9+. The molecule has 0 aliphatic rings. The Bertz CT molecular complexity index is 623. The molecule has 2 N–H and O–H groups in total. The predicted molar refractivity (Wildman–Crippen MR) is 81.6 cm³/mol. The second-order valence-electron chi connectivity index (χ2n) is 4.15. The van der Waals surface area contributed by atoms with Crippen molar-refractivity contribution in [1.82, 2.24) is 10.3 Å². The SMILES string of the molecule is Cc1cccc(NC(=O)N/C=C/c2ccc(Cl)cc2)n1. The molecule has 20 heavy (non-hydrogen) atoms. The number of aryl methyl sites for hydroxylation is 1. The Morgan fingerprint density at radius 3 is 2.65 bits per heavy atom. The second kappa shape index (κ2) is 6.73. The molecule has 0 aliphatic carbocycles. The molecular weight excluding hydrogens is 274 g/mol. The summed E-state index contributed by atoms with van der Waals surface area (Å²) in [5.41, 5.74) is 1.79. The van der Waals surface area contributed by atoms with Crippen molar-refractivity contribution in [1.29, 1.82) is 0 Å². The van der Waals surface area contributed by atoms with Gasteiger partial charge in [0, 0.05) is 16.9 Å². The van der Waals surface area contributed by atoms with Crippen LogP contribution in [-0.2, 0) is 0 Å². The van der Waals surface area contributed by atoms with Gasteiger partial charge in [-0.05, 0) is 42.8 Å². The number of pyridine rings is 1. The minimum atomic E-state index is -0.340. The molecule has 102 valence electrons. The molecular formula is C15H14ClN3O. The number of carbonyl (C=O) groups excluding carboxylic acids is 1. The van der Waals surface area contributed by atoms with Crippen molar-refractivity contribution in [2.75, 3.05) is 5.32 Å². The average Bonchev–Trinajstić information content (AvgIpc) is 2.41. The Morgan fingerprint density at radius 1 is 1.20 bits per heavy atom. The molecule has 1 aromatic heterocycles. The number of halogens is 1. The number of amides is 2. The first-order valence-corrected chi connectivity index (χ1v) is 6.44. The lowest BCUT2D eigenvalue weighted by Crippen LogP contribution is -2.24. The predicted octanol–water partition coefficient (Wildman–Crippen LogP) is 3.84. The zero-order valence-corrected chi connectivity index (χ0v) is 11.7. The van der Waals surface area contributed by atoms with Crippen molar-refractivity contribution < 1.29 is 4.79 Å². The first-order chi connectivity index (χ1) is 9.63. The third-order valence-electron chi connectivity index (χ3n) is 2.49. The maximum Gasteiger partial charge on any atom is 0.324 e. The number of hydrogen-bond donors (Lipinski definition) is 2. The molecule has 0 aliphatic heterocycles. The third-order valence-corrected chi connectivity index (χ3v) is 2.74. The zero-order valence-electron chi connectivity index (χ0n) is 10.9. The lowest BCUT2D eigenvalue weighted by molar-refractivity contribution is 0.255. The van der Waals surface area contributed by atoms with E-state index in [0.29, 0.717) is 10.8 Å². The van der Waals surface area contributed by atoms with E-state index in [0.717, 1.165) is 11.3 Å². The number of carbonyl (C=O) groups is 1. The van der Waals surface area contributed by atoms with Crippen LogP contribution in [0, 0.1) is 6.92 Å². The van der Waals surface area contributed by atoms with Crippen molar-refractivity contribution in [3.05, 3.63) is 64.9 Å². The maximum atomic E-state index is 11.6. The summed E-state index contributed by atoms with van der Waals surface area (Å²) < 4.78 is 0. The van der Waals surface area contributed by atoms with Crippen LogP contribution in [0.1, 0.15) is 11.3 Å². The van der Waals surface area contributed by atoms with Crippen LogP contribution >= 0.6 is 11.6 Å². The summed E-state index contributed by atoms with van der Waals surface area (Å²) in [6.45, 7) is 1.86. The number of aromatic nitrogens is 1. The molecule has 2 rings (SSSR count). The van der Waals surface area contributed by atoms with Crippen LogP contribution < -0.4 is 10.6 Å². The van der Waals surface area contributed by atoms with E-state index in [1.54, 1.807) is 30.5 Å². The fraction of sp³-hybridized carbons (Fsp3) is 0.0667. The molecule has 0 atom stereocenters. The number of nitrogens with one attached hydrogen (secondary N) is 2. The highest BCUT2D eigenvalue weighted by atomic mass is 35.5. The van der Waals surface area contributed by atoms with Crippen LogP contribution in [0.25, 0.3) is 6.08 Å². The molecule has 0 fully saturated rings. The van der Waals surface area contributed by atoms with E-state index in [-0.39, 0.29) is 6.03 Å². The summed E-state index contributed by atoms with van der Waals surface area (Å²) in [4.78, 5) is 15.8. The minimum absolute atomic E-state index is 0.340. The molecule has 0 saturated heterocycles. The average molecular weight is 288 g/mol. The van der Waals surface area contributed by atoms with Crippen molar-refractivity contribution in [2.45, 2.75) is 6.92 Å². The van der Waals surface area contributed by atoms with E-state index >= 15 is 0 Å². The van der Waals surface area contributed by atoms with E-state index in [4.69, 9.17) is 11.6 Å². The quantitative estimate of drug-likeness (QED) is 0.901. The topological polar surface area (TPSA) is 54.0 Å². The zero-order chi connectivity index (χ0) is 14.4. The van der Waals surface area contributed by atoms with Gasteiger partial charge in [-0.15, -0.1) is 0 Å². The molecule has 1 heterocycles. The number of urea groups is 1. The fourth-order valence-electron chi connectivity index (χ4n) is 1.55. The first kappa shape index (κ1) is 14.1. The van der Waals surface area contributed by atoms with Gasteiger partial charge in [-0.25, -0.2) is 9.78 Å². The summed E-state index contributed by atoms with van der Waals surface area (Å²) in [7, 11) is 0. The van der Waals surface area contributed by atoms with Gasteiger partial charge in [-0.3, -0.25) is 5.32 Å². The van der Waals surface area contributed by atoms with E-state index in [2.05, 4.69) is 15.6 Å². The van der Waals surface area contributed by atoms with Crippen LogP contribution in [0.3, 0.4) is 0 Å². The molecule has 0 unspecified atom stereocenters. The highest BCUT2D eigenvalue weighted by molar-refractivity contribution is 6.30. The summed E-state index contributed by atoms with van der Waals surface area (Å²) in [5, 5.41) is 5.93. The Labute approximate surface area is 122 Å². The van der Waals surface area contributed by atoms with Gasteiger partial charge in [0.25, 0.3) is 0 Å². The number of benzene rings is 1. The largest absolute Gasteiger partial charge is 0.324 e. The normalized spacial score (nSPS) is 10.5. The number of rotatable bonds is 3. The number of anilines is 1. The third kappa shape index (κ3) is 4.40. The Hall–Kier alpha value is -2.33. The summed E-state index contributed by atoms with van der Waals surface area (Å²) >= 11 is 5.79. The van der Waals surface area contributed by atoms with Crippen LogP contribution in [0.5, 0.6) is 0 Å². The monoisotopic (exact) mass is 287 g/mol. The molecule has 5 heteroatoms. The smallest absolute Gasteiger partial charge is 0.314 e. The van der Waals surface area contributed by atoms with Gasteiger partial charge in [-0.1, -0.05) is 29.8 Å². The van der Waals surface area contributed by atoms with E-state index in [9.17, 15) is 4.79 Å². The first-order valence-electron chi connectivity index (χ1n) is 6.07. The van der Waals surface area contributed by atoms with Crippen molar-refractivity contribution >= 4 is 29.5 Å².